The summed E-state index contributed by atoms with van der Waals surface area (Å²) in [4.78, 5) is 25.0. The highest BCUT2D eigenvalue weighted by atomic mass is 35.5. The van der Waals surface area contributed by atoms with Gasteiger partial charge in [0, 0.05) is 16.7 Å². The van der Waals surface area contributed by atoms with E-state index in [0.29, 0.717) is 16.1 Å². The van der Waals surface area contributed by atoms with Crippen LogP contribution in [0.4, 0.5) is 4.39 Å². The Kier molecular flexibility index (Phi) is 5.38. The zero-order valence-electron chi connectivity index (χ0n) is 15.9. The minimum atomic E-state index is -0.455. The van der Waals surface area contributed by atoms with Gasteiger partial charge in [-0.05, 0) is 48.4 Å². The van der Waals surface area contributed by atoms with Gasteiger partial charge in [0.2, 0.25) is 5.78 Å². The normalized spacial score (nSPS) is 13.8. The van der Waals surface area contributed by atoms with Gasteiger partial charge in [0.05, 0.1) is 12.0 Å². The van der Waals surface area contributed by atoms with Crippen LogP contribution in [0, 0.1) is 12.7 Å². The summed E-state index contributed by atoms with van der Waals surface area (Å²) in [5.41, 5.74) is 1.99. The highest BCUT2D eigenvalue weighted by molar-refractivity contribution is 6.30. The Morgan fingerprint density at radius 1 is 1.13 bits per heavy atom. The van der Waals surface area contributed by atoms with Crippen LogP contribution in [-0.4, -0.2) is 11.8 Å². The van der Waals surface area contributed by atoms with E-state index in [1.54, 1.807) is 55.5 Å². The minimum absolute atomic E-state index is 0.0165. The van der Waals surface area contributed by atoms with Gasteiger partial charge in [-0.25, -0.2) is 4.39 Å². The Morgan fingerprint density at radius 3 is 2.60 bits per heavy atom. The molecule has 0 aromatic heterocycles. The molecule has 1 aliphatic heterocycles. The highest BCUT2D eigenvalue weighted by Crippen LogP contribution is 2.37. The maximum absolute atomic E-state index is 13.9. The largest absolute Gasteiger partial charge is 0.452 e. The zero-order chi connectivity index (χ0) is 21.3. The molecule has 1 aliphatic rings. The summed E-state index contributed by atoms with van der Waals surface area (Å²) >= 11 is 5.85. The van der Waals surface area contributed by atoms with Crippen LogP contribution >= 0.6 is 11.6 Å². The second kappa shape index (κ2) is 8.13. The van der Waals surface area contributed by atoms with Crippen molar-refractivity contribution in [3.63, 3.8) is 0 Å². The summed E-state index contributed by atoms with van der Waals surface area (Å²) in [6.07, 6.45) is 1.44. The van der Waals surface area contributed by atoms with Crippen LogP contribution in [0.15, 0.2) is 66.4 Å². The molecule has 1 heterocycles. The summed E-state index contributed by atoms with van der Waals surface area (Å²) in [7, 11) is 0. The molecule has 0 N–H and O–H groups in total. The number of benzene rings is 3. The number of halogens is 2. The Balaban J connectivity index is 1.54. The molecule has 150 valence electrons. The number of aryl methyl sites for hydroxylation is 1. The van der Waals surface area contributed by atoms with Crippen molar-refractivity contribution in [2.45, 2.75) is 13.3 Å². The van der Waals surface area contributed by atoms with Crippen molar-refractivity contribution in [2.75, 3.05) is 0 Å². The van der Waals surface area contributed by atoms with Crippen LogP contribution in [0.2, 0.25) is 5.02 Å². The molecule has 0 radical (unpaired) electrons. The minimum Gasteiger partial charge on any atom is -0.452 e. The molecule has 0 spiro atoms. The first-order valence-corrected chi connectivity index (χ1v) is 9.57. The molecule has 4 rings (SSSR count). The number of fused-ring (bicyclic) bond motifs is 1. The van der Waals surface area contributed by atoms with E-state index in [0.717, 1.165) is 5.56 Å². The van der Waals surface area contributed by atoms with Crippen LogP contribution in [0.5, 0.6) is 11.5 Å². The monoisotopic (exact) mass is 422 g/mol. The third-order valence-electron chi connectivity index (χ3n) is 4.63. The Labute approximate surface area is 177 Å². The molecule has 0 fully saturated rings. The Morgan fingerprint density at radius 2 is 1.87 bits per heavy atom. The van der Waals surface area contributed by atoms with Gasteiger partial charge in [-0.3, -0.25) is 9.59 Å². The van der Waals surface area contributed by atoms with Crippen molar-refractivity contribution in [1.82, 2.24) is 0 Å². The number of ketones is 1. The van der Waals surface area contributed by atoms with E-state index in [2.05, 4.69) is 0 Å². The lowest BCUT2D eigenvalue weighted by Crippen LogP contribution is -2.11. The number of ether oxygens (including phenoxy) is 2. The molecule has 0 saturated heterocycles. The van der Waals surface area contributed by atoms with Crippen LogP contribution in [0.25, 0.3) is 6.08 Å². The fraction of sp³-hybridized carbons (Fsp3) is 0.0833. The van der Waals surface area contributed by atoms with Crippen molar-refractivity contribution < 1.29 is 23.5 Å². The smallest absolute Gasteiger partial charge is 0.315 e. The quantitative estimate of drug-likeness (QED) is 0.314. The molecule has 3 aromatic rings. The second-order valence-electron chi connectivity index (χ2n) is 6.85. The lowest BCUT2D eigenvalue weighted by molar-refractivity contribution is -0.133. The van der Waals surface area contributed by atoms with Crippen molar-refractivity contribution in [2.24, 2.45) is 0 Å². The van der Waals surface area contributed by atoms with Crippen molar-refractivity contribution >= 4 is 29.4 Å². The Bertz CT molecular complexity index is 1180. The highest BCUT2D eigenvalue weighted by Gasteiger charge is 2.30. The zero-order valence-corrected chi connectivity index (χ0v) is 16.7. The predicted molar refractivity (Wildman–Crippen MR) is 111 cm³/mol. The fourth-order valence-electron chi connectivity index (χ4n) is 3.21. The van der Waals surface area contributed by atoms with Crippen molar-refractivity contribution in [1.29, 1.82) is 0 Å². The molecular formula is C24H16ClFO4. The first kappa shape index (κ1) is 19.9. The van der Waals surface area contributed by atoms with Crippen molar-refractivity contribution in [3.05, 3.63) is 99.5 Å². The fourth-order valence-corrected chi connectivity index (χ4v) is 3.33. The van der Waals surface area contributed by atoms with Crippen molar-refractivity contribution in [3.8, 4) is 11.5 Å². The van der Waals surface area contributed by atoms with Crippen LogP contribution < -0.4 is 9.47 Å². The van der Waals surface area contributed by atoms with Gasteiger partial charge in [-0.1, -0.05) is 41.9 Å². The summed E-state index contributed by atoms with van der Waals surface area (Å²) in [5, 5.41) is 0.586. The number of rotatable bonds is 4. The average molecular weight is 423 g/mol. The molecule has 6 heteroatoms. The lowest BCUT2D eigenvalue weighted by Gasteiger charge is -2.08. The first-order valence-electron chi connectivity index (χ1n) is 9.19. The summed E-state index contributed by atoms with van der Waals surface area (Å²) in [6.45, 7) is 1.72. The number of esters is 1. The van der Waals surface area contributed by atoms with Crippen LogP contribution in [-0.2, 0) is 11.2 Å². The Hall–Kier alpha value is -3.44. The van der Waals surface area contributed by atoms with E-state index >= 15 is 0 Å². The SMILES string of the molecule is Cc1cc(OC(=O)Cc2ccc(Cl)cc2)cc2c1C(=O)/C(=C/c1ccccc1F)O2. The van der Waals surface area contributed by atoms with Gasteiger partial charge in [0.25, 0.3) is 0 Å². The van der Waals surface area contributed by atoms with E-state index in [1.807, 2.05) is 0 Å². The van der Waals surface area contributed by atoms with Gasteiger partial charge in [0.15, 0.2) is 5.76 Å². The molecule has 0 saturated carbocycles. The van der Waals surface area contributed by atoms with Crippen LogP contribution in [0.1, 0.15) is 27.0 Å². The maximum atomic E-state index is 13.9. The molecule has 0 aliphatic carbocycles. The molecule has 30 heavy (non-hydrogen) atoms. The van der Waals surface area contributed by atoms with E-state index in [-0.39, 0.29) is 35.0 Å². The topological polar surface area (TPSA) is 52.6 Å². The maximum Gasteiger partial charge on any atom is 0.315 e. The number of carbonyl (C=O) groups is 2. The molecule has 0 amide bonds. The van der Waals surface area contributed by atoms with Gasteiger partial charge in [-0.2, -0.15) is 0 Å². The molecular weight excluding hydrogens is 407 g/mol. The predicted octanol–water partition coefficient (Wildman–Crippen LogP) is 5.55. The number of hydrogen-bond donors (Lipinski definition) is 0. The van der Waals surface area contributed by atoms with E-state index in [4.69, 9.17) is 21.1 Å². The molecule has 3 aromatic carbocycles. The molecule has 0 unspecified atom stereocenters. The summed E-state index contributed by atoms with van der Waals surface area (Å²) in [5.74, 6) is -0.691. The van der Waals surface area contributed by atoms with Crippen LogP contribution in [0.3, 0.4) is 0 Å². The van der Waals surface area contributed by atoms with Gasteiger partial charge in [-0.15, -0.1) is 0 Å². The van der Waals surface area contributed by atoms with Gasteiger partial charge < -0.3 is 9.47 Å². The molecule has 4 nitrogen and oxygen atoms in total. The third kappa shape index (κ3) is 4.11. The molecule has 0 bridgehead atoms. The first-order chi connectivity index (χ1) is 14.4. The molecule has 0 atom stereocenters. The van der Waals surface area contributed by atoms with Gasteiger partial charge >= 0.3 is 5.97 Å². The summed E-state index contributed by atoms with van der Waals surface area (Å²) in [6, 6.07) is 16.1. The average Bonchev–Trinajstić information content (AvgIpc) is 3.01. The summed E-state index contributed by atoms with van der Waals surface area (Å²) < 4.78 is 25.0. The number of allylic oxidation sites excluding steroid dienone is 1. The van der Waals surface area contributed by atoms with Gasteiger partial charge in [0.1, 0.15) is 17.3 Å². The number of carbonyl (C=O) groups excluding carboxylic acids is 2. The third-order valence-corrected chi connectivity index (χ3v) is 4.88. The lowest BCUT2D eigenvalue weighted by atomic mass is 10.0. The van der Waals surface area contributed by atoms with E-state index in [9.17, 15) is 14.0 Å². The number of hydrogen-bond acceptors (Lipinski definition) is 4. The number of Topliss-reactive ketones (excluding diaryl/α,β-unsaturated/α-hetero) is 1. The van der Waals surface area contributed by atoms with E-state index < -0.39 is 11.8 Å². The standard InChI is InChI=1S/C24H16ClFO4/c1-14-10-18(29-22(27)11-15-6-8-17(25)9-7-15)13-20-23(14)24(28)21(30-20)12-16-4-2-3-5-19(16)26/h2-10,12-13H,11H2,1H3/b21-12-. The van der Waals surface area contributed by atoms with E-state index in [1.165, 1.54) is 18.2 Å². The second-order valence-corrected chi connectivity index (χ2v) is 7.29.